The zero-order valence-electron chi connectivity index (χ0n) is 17.3. The predicted molar refractivity (Wildman–Crippen MR) is 124 cm³/mol. The van der Waals surface area contributed by atoms with Gasteiger partial charge in [-0.25, -0.2) is 0 Å². The number of nitriles is 1. The number of halogens is 1. The third-order valence-electron chi connectivity index (χ3n) is 4.49. The van der Waals surface area contributed by atoms with Gasteiger partial charge < -0.3 is 9.50 Å². The summed E-state index contributed by atoms with van der Waals surface area (Å²) in [4.78, 5) is 12.5. The fraction of sp³-hybridized carbons (Fsp3) is 0.0833. The highest BCUT2D eigenvalue weighted by atomic mass is 35.5. The maximum Gasteiger partial charge on any atom is 0.339 e. The molecule has 0 spiro atoms. The Morgan fingerprint density at radius 1 is 1.06 bits per heavy atom. The molecule has 6 nitrogen and oxygen atoms in total. The summed E-state index contributed by atoms with van der Waals surface area (Å²) in [7, 11) is -4.05. The van der Waals surface area contributed by atoms with Gasteiger partial charge >= 0.3 is 10.1 Å². The summed E-state index contributed by atoms with van der Waals surface area (Å²) in [6, 6.07) is 19.4. The number of hydrogen-bond donors (Lipinski definition) is 1. The first-order valence-electron chi connectivity index (χ1n) is 9.49. The lowest BCUT2D eigenvalue weighted by atomic mass is 10.1. The van der Waals surface area contributed by atoms with E-state index in [9.17, 15) is 18.5 Å². The van der Waals surface area contributed by atoms with Gasteiger partial charge in [-0.15, -0.1) is 0 Å². The average molecular weight is 467 g/mol. The average Bonchev–Trinajstić information content (AvgIpc) is 2.76. The first-order valence-corrected chi connectivity index (χ1v) is 11.3. The van der Waals surface area contributed by atoms with E-state index in [1.807, 2.05) is 32.0 Å². The lowest BCUT2D eigenvalue weighted by molar-refractivity contribution is -0.112. The number of benzene rings is 3. The largest absolute Gasteiger partial charge is 0.377 e. The highest BCUT2D eigenvalue weighted by Gasteiger charge is 2.18. The molecule has 3 rings (SSSR count). The van der Waals surface area contributed by atoms with E-state index < -0.39 is 16.0 Å². The Balaban J connectivity index is 1.81. The zero-order valence-corrected chi connectivity index (χ0v) is 18.9. The van der Waals surface area contributed by atoms with Crippen LogP contribution in [0.15, 0.2) is 77.2 Å². The summed E-state index contributed by atoms with van der Waals surface area (Å²) < 4.78 is 29.9. The molecular formula is C24H19ClN2O4S. The highest BCUT2D eigenvalue weighted by molar-refractivity contribution is 7.87. The van der Waals surface area contributed by atoms with Crippen LogP contribution in [0.3, 0.4) is 0 Å². The molecule has 32 heavy (non-hydrogen) atoms. The molecule has 0 aliphatic heterocycles. The van der Waals surface area contributed by atoms with Crippen molar-refractivity contribution in [3.05, 3.63) is 94.0 Å². The molecule has 8 heteroatoms. The lowest BCUT2D eigenvalue weighted by Gasteiger charge is -2.10. The van der Waals surface area contributed by atoms with Crippen molar-refractivity contribution in [2.24, 2.45) is 0 Å². The van der Waals surface area contributed by atoms with Crippen LogP contribution >= 0.6 is 11.6 Å². The van der Waals surface area contributed by atoms with Gasteiger partial charge in [0.05, 0.1) is 5.02 Å². The van der Waals surface area contributed by atoms with E-state index in [1.54, 1.807) is 24.3 Å². The van der Waals surface area contributed by atoms with Crippen molar-refractivity contribution < 1.29 is 17.4 Å². The van der Waals surface area contributed by atoms with E-state index in [4.69, 9.17) is 15.8 Å². The van der Waals surface area contributed by atoms with E-state index in [-0.39, 0.29) is 21.2 Å². The van der Waals surface area contributed by atoms with E-state index in [2.05, 4.69) is 5.32 Å². The van der Waals surface area contributed by atoms with Gasteiger partial charge in [0.25, 0.3) is 5.91 Å². The Labute approximate surface area is 191 Å². The quantitative estimate of drug-likeness (QED) is 0.303. The van der Waals surface area contributed by atoms with Crippen LogP contribution in [-0.2, 0) is 14.9 Å². The molecule has 1 amide bonds. The molecule has 0 aliphatic carbocycles. The van der Waals surface area contributed by atoms with E-state index >= 15 is 0 Å². The Morgan fingerprint density at radius 3 is 2.41 bits per heavy atom. The van der Waals surface area contributed by atoms with Crippen LogP contribution in [-0.4, -0.2) is 14.3 Å². The minimum Gasteiger partial charge on any atom is -0.377 e. The molecule has 162 valence electrons. The van der Waals surface area contributed by atoms with Crippen LogP contribution in [0, 0.1) is 25.2 Å². The second kappa shape index (κ2) is 9.69. The van der Waals surface area contributed by atoms with Crippen molar-refractivity contribution in [3.63, 3.8) is 0 Å². The smallest absolute Gasteiger partial charge is 0.339 e. The molecule has 0 saturated carbocycles. The molecule has 3 aromatic rings. The summed E-state index contributed by atoms with van der Waals surface area (Å²) in [6.45, 7) is 3.81. The van der Waals surface area contributed by atoms with Crippen LogP contribution in [0.5, 0.6) is 5.75 Å². The van der Waals surface area contributed by atoms with Gasteiger partial charge in [-0.05, 0) is 61.4 Å². The summed E-state index contributed by atoms with van der Waals surface area (Å²) >= 11 is 6.19. The zero-order chi connectivity index (χ0) is 23.3. The molecule has 3 aromatic carbocycles. The van der Waals surface area contributed by atoms with Gasteiger partial charge in [0.2, 0.25) is 0 Å². The number of hydrogen-bond acceptors (Lipinski definition) is 5. The maximum atomic E-state index is 12.5. The van der Waals surface area contributed by atoms with Gasteiger partial charge in [0.15, 0.2) is 5.75 Å². The molecule has 0 heterocycles. The molecule has 0 aromatic heterocycles. The number of nitrogens with zero attached hydrogens (tertiary/aromatic N) is 1. The molecule has 0 fully saturated rings. The number of amides is 1. The molecule has 0 atom stereocenters. The third kappa shape index (κ3) is 5.55. The second-order valence-electron chi connectivity index (χ2n) is 6.98. The van der Waals surface area contributed by atoms with Gasteiger partial charge in [-0.3, -0.25) is 4.79 Å². The second-order valence-corrected chi connectivity index (χ2v) is 8.94. The van der Waals surface area contributed by atoms with Gasteiger partial charge in [0, 0.05) is 5.69 Å². The fourth-order valence-corrected chi connectivity index (χ4v) is 4.13. The SMILES string of the molecule is Cc1ccc(NC(=O)/C(C#N)=C/c2ccc(OS(=O)(=O)c3ccccc3)c(Cl)c2)c(C)c1. The standard InChI is InChI=1S/C24H19ClN2O4S/c1-16-8-10-22(17(2)12-16)27-24(28)19(15-26)13-18-9-11-23(21(25)14-18)31-32(29,30)20-6-4-3-5-7-20/h3-14H,1-2H3,(H,27,28)/b19-13+. The molecule has 1 N–H and O–H groups in total. The van der Waals surface area contributed by atoms with Crippen LogP contribution in [0.25, 0.3) is 6.08 Å². The van der Waals surface area contributed by atoms with Crippen LogP contribution in [0.2, 0.25) is 5.02 Å². The first-order chi connectivity index (χ1) is 15.2. The van der Waals surface area contributed by atoms with E-state index in [1.165, 1.54) is 36.4 Å². The number of aryl methyl sites for hydroxylation is 2. The van der Waals surface area contributed by atoms with Gasteiger partial charge in [-0.1, -0.05) is 53.6 Å². The van der Waals surface area contributed by atoms with Crippen LogP contribution < -0.4 is 9.50 Å². The Hall–Kier alpha value is -3.60. The van der Waals surface area contributed by atoms with Crippen LogP contribution in [0.4, 0.5) is 5.69 Å². The summed E-state index contributed by atoms with van der Waals surface area (Å²) in [6.07, 6.45) is 1.36. The van der Waals surface area contributed by atoms with Crippen molar-refractivity contribution >= 4 is 39.4 Å². The minimum absolute atomic E-state index is 0.00474. The number of carbonyl (C=O) groups excluding carboxylic acids is 1. The number of rotatable bonds is 6. The fourth-order valence-electron chi connectivity index (χ4n) is 2.89. The molecule has 0 unspecified atom stereocenters. The highest BCUT2D eigenvalue weighted by Crippen LogP contribution is 2.29. The maximum absolute atomic E-state index is 12.5. The summed E-state index contributed by atoms with van der Waals surface area (Å²) in [5, 5.41) is 12.2. The van der Waals surface area contributed by atoms with Crippen molar-refractivity contribution in [1.82, 2.24) is 0 Å². The Kier molecular flexibility index (Phi) is 6.98. The normalized spacial score (nSPS) is 11.5. The van der Waals surface area contributed by atoms with Crippen molar-refractivity contribution in [2.75, 3.05) is 5.32 Å². The molecular weight excluding hydrogens is 448 g/mol. The van der Waals surface area contributed by atoms with E-state index in [0.29, 0.717) is 11.3 Å². The number of anilines is 1. The topological polar surface area (TPSA) is 96.3 Å². The van der Waals surface area contributed by atoms with Gasteiger partial charge in [-0.2, -0.15) is 13.7 Å². The lowest BCUT2D eigenvalue weighted by Crippen LogP contribution is -2.14. The molecule has 0 bridgehead atoms. The molecule has 0 radical (unpaired) electrons. The third-order valence-corrected chi connectivity index (χ3v) is 6.04. The Morgan fingerprint density at radius 2 is 1.78 bits per heavy atom. The summed E-state index contributed by atoms with van der Waals surface area (Å²) in [5.41, 5.74) is 2.84. The number of nitrogens with one attached hydrogen (secondary N) is 1. The summed E-state index contributed by atoms with van der Waals surface area (Å²) in [5.74, 6) is -0.631. The first kappa shape index (κ1) is 23.1. The number of carbonyl (C=O) groups is 1. The van der Waals surface area contributed by atoms with E-state index in [0.717, 1.165) is 11.1 Å². The van der Waals surface area contributed by atoms with Crippen LogP contribution in [0.1, 0.15) is 16.7 Å². The monoisotopic (exact) mass is 466 g/mol. The van der Waals surface area contributed by atoms with Crippen molar-refractivity contribution in [2.45, 2.75) is 18.7 Å². The predicted octanol–water partition coefficient (Wildman–Crippen LogP) is 5.27. The Bertz CT molecular complexity index is 1340. The van der Waals surface area contributed by atoms with Crippen molar-refractivity contribution in [1.29, 1.82) is 5.26 Å². The molecule has 0 saturated heterocycles. The minimum atomic E-state index is -4.05. The molecule has 0 aliphatic rings. The van der Waals surface area contributed by atoms with Crippen molar-refractivity contribution in [3.8, 4) is 11.8 Å². The van der Waals surface area contributed by atoms with Gasteiger partial charge in [0.1, 0.15) is 16.5 Å².